The Hall–Kier alpha value is -2.49. The number of hydrogen-bond donors (Lipinski definition) is 0. The molecule has 0 radical (unpaired) electrons. The predicted molar refractivity (Wildman–Crippen MR) is 88.1 cm³/mol. The van der Waals surface area contributed by atoms with E-state index in [1.807, 2.05) is 44.2 Å². The van der Waals surface area contributed by atoms with Crippen molar-refractivity contribution >= 4 is 10.9 Å². The minimum Gasteiger partial charge on any atom is -0.290 e. The molecule has 0 aliphatic rings. The van der Waals surface area contributed by atoms with Crippen molar-refractivity contribution in [1.29, 1.82) is 0 Å². The van der Waals surface area contributed by atoms with Crippen LogP contribution in [0.25, 0.3) is 10.9 Å². The quantitative estimate of drug-likeness (QED) is 0.743. The van der Waals surface area contributed by atoms with E-state index < -0.39 is 0 Å². The van der Waals surface area contributed by atoms with Gasteiger partial charge in [0.15, 0.2) is 0 Å². The third-order valence-corrected chi connectivity index (χ3v) is 4.23. The molecule has 0 saturated carbocycles. The van der Waals surface area contributed by atoms with E-state index >= 15 is 0 Å². The number of nitrogens with zero attached hydrogens (tertiary/aromatic N) is 3. The molecule has 3 rings (SSSR count). The van der Waals surface area contributed by atoms with Crippen LogP contribution >= 0.6 is 0 Å². The Kier molecular flexibility index (Phi) is 3.75. The Labute approximate surface area is 129 Å². The van der Waals surface area contributed by atoms with Crippen LogP contribution < -0.4 is 5.56 Å². The van der Waals surface area contributed by atoms with E-state index in [2.05, 4.69) is 16.9 Å². The average molecular weight is 293 g/mol. The second kappa shape index (κ2) is 5.72. The van der Waals surface area contributed by atoms with Gasteiger partial charge in [-0.1, -0.05) is 19.1 Å². The fourth-order valence-electron chi connectivity index (χ4n) is 2.79. The molecule has 0 amide bonds. The molecular weight excluding hydrogens is 274 g/mol. The van der Waals surface area contributed by atoms with Gasteiger partial charge < -0.3 is 0 Å². The lowest BCUT2D eigenvalue weighted by atomic mass is 10.1. The molecule has 0 fully saturated rings. The second-order valence-corrected chi connectivity index (χ2v) is 5.54. The maximum Gasteiger partial charge on any atom is 0.261 e. The molecule has 0 N–H and O–H groups in total. The van der Waals surface area contributed by atoms with Crippen molar-refractivity contribution in [3.63, 3.8) is 0 Å². The zero-order valence-electron chi connectivity index (χ0n) is 13.1. The van der Waals surface area contributed by atoms with Crippen LogP contribution in [0, 0.1) is 13.8 Å². The van der Waals surface area contributed by atoms with Gasteiger partial charge in [-0.05, 0) is 49.6 Å². The Morgan fingerprint density at radius 2 is 1.95 bits per heavy atom. The number of hydrogen-bond acceptors (Lipinski definition) is 3. The van der Waals surface area contributed by atoms with Gasteiger partial charge in [0.1, 0.15) is 0 Å². The van der Waals surface area contributed by atoms with Gasteiger partial charge in [-0.2, -0.15) is 0 Å². The van der Waals surface area contributed by atoms with Crippen LogP contribution in [0.15, 0.2) is 47.7 Å². The van der Waals surface area contributed by atoms with E-state index in [9.17, 15) is 4.79 Å². The minimum atomic E-state index is -0.0905. The normalized spacial score (nSPS) is 12.5. The SMILES string of the molecule is CC[C@@H](c1ccccn1)n1cnc2c(C)c(C)ccc2c1=O. The minimum absolute atomic E-state index is 0.00870. The van der Waals surface area contributed by atoms with Gasteiger partial charge in [-0.15, -0.1) is 0 Å². The highest BCUT2D eigenvalue weighted by molar-refractivity contribution is 5.81. The standard InChI is InChI=1S/C18H19N3O/c1-4-16(15-7-5-6-10-19-15)21-11-20-17-13(3)12(2)8-9-14(17)18(21)22/h5-11,16H,4H2,1-3H3/t16-/m0/s1. The molecule has 0 aliphatic heterocycles. The maximum atomic E-state index is 12.9. The van der Waals surface area contributed by atoms with Crippen molar-refractivity contribution in [2.45, 2.75) is 33.2 Å². The van der Waals surface area contributed by atoms with Crippen LogP contribution in [0.2, 0.25) is 0 Å². The molecule has 22 heavy (non-hydrogen) atoms. The van der Waals surface area contributed by atoms with Crippen molar-refractivity contribution in [3.8, 4) is 0 Å². The van der Waals surface area contributed by atoms with Gasteiger partial charge in [0.05, 0.1) is 29.0 Å². The summed E-state index contributed by atoms with van der Waals surface area (Å²) in [6.45, 7) is 6.09. The molecule has 3 aromatic rings. The summed E-state index contributed by atoms with van der Waals surface area (Å²) in [6, 6.07) is 9.53. The van der Waals surface area contributed by atoms with E-state index in [0.717, 1.165) is 28.8 Å². The average Bonchev–Trinajstić information content (AvgIpc) is 2.55. The number of aryl methyl sites for hydroxylation is 2. The predicted octanol–water partition coefficient (Wildman–Crippen LogP) is 3.41. The van der Waals surface area contributed by atoms with Crippen LogP contribution in [-0.4, -0.2) is 14.5 Å². The second-order valence-electron chi connectivity index (χ2n) is 5.54. The largest absolute Gasteiger partial charge is 0.290 e. The molecule has 4 nitrogen and oxygen atoms in total. The molecule has 0 unspecified atom stereocenters. The van der Waals surface area contributed by atoms with Gasteiger partial charge in [0.2, 0.25) is 0 Å². The highest BCUT2D eigenvalue weighted by atomic mass is 16.1. The fourth-order valence-corrected chi connectivity index (χ4v) is 2.79. The lowest BCUT2D eigenvalue weighted by molar-refractivity contribution is 0.531. The summed E-state index contributed by atoms with van der Waals surface area (Å²) in [7, 11) is 0. The van der Waals surface area contributed by atoms with Crippen LogP contribution in [0.5, 0.6) is 0 Å². The van der Waals surface area contributed by atoms with Crippen LogP contribution in [0.1, 0.15) is 36.2 Å². The number of fused-ring (bicyclic) bond motifs is 1. The van der Waals surface area contributed by atoms with Gasteiger partial charge in [0.25, 0.3) is 5.56 Å². The lowest BCUT2D eigenvalue weighted by Gasteiger charge is -2.18. The summed E-state index contributed by atoms with van der Waals surface area (Å²) in [5, 5.41) is 0.667. The first-order valence-corrected chi connectivity index (χ1v) is 7.51. The van der Waals surface area contributed by atoms with E-state index in [1.165, 1.54) is 0 Å². The zero-order valence-corrected chi connectivity index (χ0v) is 13.1. The molecule has 0 saturated heterocycles. The van der Waals surface area contributed by atoms with E-state index in [4.69, 9.17) is 0 Å². The third-order valence-electron chi connectivity index (χ3n) is 4.23. The number of rotatable bonds is 3. The van der Waals surface area contributed by atoms with Crippen molar-refractivity contribution in [3.05, 3.63) is 70.0 Å². The molecule has 2 heterocycles. The van der Waals surface area contributed by atoms with Crippen LogP contribution in [0.3, 0.4) is 0 Å². The highest BCUT2D eigenvalue weighted by Crippen LogP contribution is 2.21. The van der Waals surface area contributed by atoms with Gasteiger partial charge >= 0.3 is 0 Å². The molecule has 1 aromatic carbocycles. The van der Waals surface area contributed by atoms with Crippen molar-refractivity contribution in [2.24, 2.45) is 0 Å². The monoisotopic (exact) mass is 293 g/mol. The number of aromatic nitrogens is 3. The lowest BCUT2D eigenvalue weighted by Crippen LogP contribution is -2.26. The first-order chi connectivity index (χ1) is 10.6. The Morgan fingerprint density at radius 3 is 2.64 bits per heavy atom. The Balaban J connectivity index is 2.22. The van der Waals surface area contributed by atoms with Gasteiger partial charge in [-0.25, -0.2) is 4.98 Å². The number of benzene rings is 1. The Bertz CT molecular complexity index is 869. The molecule has 1 atom stereocenters. The van der Waals surface area contributed by atoms with E-state index in [0.29, 0.717) is 5.39 Å². The van der Waals surface area contributed by atoms with E-state index in [1.54, 1.807) is 17.1 Å². The third kappa shape index (κ3) is 2.30. The zero-order chi connectivity index (χ0) is 15.7. The number of pyridine rings is 1. The summed E-state index contributed by atoms with van der Waals surface area (Å²) >= 11 is 0. The van der Waals surface area contributed by atoms with E-state index in [-0.39, 0.29) is 11.6 Å². The molecule has 0 spiro atoms. The highest BCUT2D eigenvalue weighted by Gasteiger charge is 2.16. The van der Waals surface area contributed by atoms with Gasteiger partial charge in [-0.3, -0.25) is 14.3 Å². The smallest absolute Gasteiger partial charge is 0.261 e. The van der Waals surface area contributed by atoms with Gasteiger partial charge in [0, 0.05) is 6.20 Å². The first-order valence-electron chi connectivity index (χ1n) is 7.51. The molecule has 2 aromatic heterocycles. The summed E-state index contributed by atoms with van der Waals surface area (Å²) in [4.78, 5) is 21.8. The summed E-state index contributed by atoms with van der Waals surface area (Å²) in [6.07, 6.45) is 4.19. The molecule has 0 aliphatic carbocycles. The van der Waals surface area contributed by atoms with Crippen molar-refractivity contribution in [2.75, 3.05) is 0 Å². The topological polar surface area (TPSA) is 47.8 Å². The first kappa shape index (κ1) is 14.4. The summed E-state index contributed by atoms with van der Waals surface area (Å²) in [5.41, 5.74) is 3.88. The Morgan fingerprint density at radius 1 is 1.14 bits per heavy atom. The van der Waals surface area contributed by atoms with Crippen molar-refractivity contribution < 1.29 is 0 Å². The summed E-state index contributed by atoms with van der Waals surface area (Å²) in [5.74, 6) is 0. The molecule has 112 valence electrons. The molecule has 0 bridgehead atoms. The fraction of sp³-hybridized carbons (Fsp3) is 0.278. The molecule has 4 heteroatoms. The van der Waals surface area contributed by atoms with Crippen LogP contribution in [0.4, 0.5) is 0 Å². The van der Waals surface area contributed by atoms with Crippen LogP contribution in [-0.2, 0) is 0 Å². The summed E-state index contributed by atoms with van der Waals surface area (Å²) < 4.78 is 1.69. The van der Waals surface area contributed by atoms with Crippen molar-refractivity contribution in [1.82, 2.24) is 14.5 Å². The maximum absolute atomic E-state index is 12.9. The molecular formula is C18H19N3O.